The molecular formula is C16H22. The van der Waals surface area contributed by atoms with E-state index in [0.29, 0.717) is 10.8 Å². The molecule has 0 heterocycles. The van der Waals surface area contributed by atoms with Crippen molar-refractivity contribution in [2.45, 2.75) is 57.3 Å². The van der Waals surface area contributed by atoms with Gasteiger partial charge in [0.05, 0.1) is 0 Å². The predicted octanol–water partition coefficient (Wildman–Crippen LogP) is 4.43. The molecule has 2 bridgehead atoms. The van der Waals surface area contributed by atoms with Crippen molar-refractivity contribution in [3.63, 3.8) is 0 Å². The lowest BCUT2D eigenvalue weighted by Gasteiger charge is -2.55. The van der Waals surface area contributed by atoms with E-state index in [4.69, 9.17) is 0 Å². The normalized spacial score (nSPS) is 36.5. The molecule has 0 unspecified atom stereocenters. The van der Waals surface area contributed by atoms with Crippen LogP contribution in [0.1, 0.15) is 57.6 Å². The molecule has 1 aromatic carbocycles. The number of benzene rings is 1. The fraction of sp³-hybridized carbons (Fsp3) is 0.625. The minimum atomic E-state index is 0.479. The van der Waals surface area contributed by atoms with E-state index in [9.17, 15) is 0 Å². The highest BCUT2D eigenvalue weighted by Crippen LogP contribution is 2.58. The zero-order chi connectivity index (χ0) is 11.4. The van der Waals surface area contributed by atoms with Gasteiger partial charge in [-0.05, 0) is 53.6 Å². The van der Waals surface area contributed by atoms with E-state index < -0.39 is 0 Å². The van der Waals surface area contributed by atoms with Crippen molar-refractivity contribution < 1.29 is 0 Å². The van der Waals surface area contributed by atoms with E-state index in [0.717, 1.165) is 5.92 Å². The van der Waals surface area contributed by atoms with Crippen LogP contribution in [0.15, 0.2) is 24.3 Å². The molecule has 86 valence electrons. The average Bonchev–Trinajstić information content (AvgIpc) is 2.30. The standard InChI is InChI=1S/C16H22/c1-12(2)16-10-8-15(3,9-11-16)13-6-4-5-7-14(13)16/h4-7,12H,8-11H2,1-3H3/t15-,16+. The van der Waals surface area contributed by atoms with Crippen molar-refractivity contribution in [3.8, 4) is 0 Å². The molecular weight excluding hydrogens is 192 g/mol. The van der Waals surface area contributed by atoms with Gasteiger partial charge in [0.15, 0.2) is 0 Å². The first-order valence-electron chi connectivity index (χ1n) is 6.68. The monoisotopic (exact) mass is 214 g/mol. The Kier molecular flexibility index (Phi) is 2.02. The Bertz CT molecular complexity index is 406. The largest absolute Gasteiger partial charge is 0.0620 e. The van der Waals surface area contributed by atoms with Gasteiger partial charge >= 0.3 is 0 Å². The van der Waals surface area contributed by atoms with Crippen molar-refractivity contribution in [2.24, 2.45) is 5.92 Å². The van der Waals surface area contributed by atoms with Crippen LogP contribution in [0.25, 0.3) is 0 Å². The maximum absolute atomic E-state index is 2.47. The summed E-state index contributed by atoms with van der Waals surface area (Å²) < 4.78 is 0. The fourth-order valence-corrected chi connectivity index (χ4v) is 4.12. The Morgan fingerprint density at radius 3 is 2.06 bits per heavy atom. The summed E-state index contributed by atoms with van der Waals surface area (Å²) in [4.78, 5) is 0. The van der Waals surface area contributed by atoms with Crippen LogP contribution in [0.3, 0.4) is 0 Å². The molecule has 1 aromatic rings. The van der Waals surface area contributed by atoms with E-state index in [1.54, 1.807) is 11.1 Å². The highest BCUT2D eigenvalue weighted by atomic mass is 14.5. The number of hydrogen-bond donors (Lipinski definition) is 0. The maximum atomic E-state index is 2.47. The first kappa shape index (κ1) is 10.4. The van der Waals surface area contributed by atoms with Crippen molar-refractivity contribution >= 4 is 0 Å². The van der Waals surface area contributed by atoms with E-state index >= 15 is 0 Å². The Morgan fingerprint density at radius 2 is 1.50 bits per heavy atom. The van der Waals surface area contributed by atoms with Crippen LogP contribution in [0.5, 0.6) is 0 Å². The smallest absolute Gasteiger partial charge is 0.00204 e. The summed E-state index contributed by atoms with van der Waals surface area (Å²) in [6.45, 7) is 7.28. The second kappa shape index (κ2) is 3.12. The Balaban J connectivity index is 2.24. The Hall–Kier alpha value is -0.780. The molecule has 0 aromatic heterocycles. The predicted molar refractivity (Wildman–Crippen MR) is 68.8 cm³/mol. The van der Waals surface area contributed by atoms with Crippen LogP contribution in [0.2, 0.25) is 0 Å². The molecule has 3 aliphatic rings. The quantitative estimate of drug-likeness (QED) is 0.649. The van der Waals surface area contributed by atoms with Gasteiger partial charge < -0.3 is 0 Å². The molecule has 4 rings (SSSR count). The number of hydrogen-bond acceptors (Lipinski definition) is 0. The molecule has 1 fully saturated rings. The zero-order valence-corrected chi connectivity index (χ0v) is 10.7. The molecule has 0 saturated heterocycles. The summed E-state index contributed by atoms with van der Waals surface area (Å²) in [6.07, 6.45) is 5.58. The third kappa shape index (κ3) is 1.11. The minimum absolute atomic E-state index is 0.479. The summed E-state index contributed by atoms with van der Waals surface area (Å²) in [7, 11) is 0. The number of rotatable bonds is 1. The van der Waals surface area contributed by atoms with Gasteiger partial charge in [-0.15, -0.1) is 0 Å². The fourth-order valence-electron chi connectivity index (χ4n) is 4.12. The van der Waals surface area contributed by atoms with Crippen LogP contribution in [-0.4, -0.2) is 0 Å². The molecule has 0 heteroatoms. The van der Waals surface area contributed by atoms with E-state index in [1.165, 1.54) is 25.7 Å². The van der Waals surface area contributed by atoms with Gasteiger partial charge in [0.25, 0.3) is 0 Å². The topological polar surface area (TPSA) is 0 Å². The lowest BCUT2D eigenvalue weighted by molar-refractivity contribution is 0.128. The lowest BCUT2D eigenvalue weighted by Crippen LogP contribution is -2.48. The second-order valence-corrected chi connectivity index (χ2v) is 6.42. The third-order valence-corrected chi connectivity index (χ3v) is 5.46. The second-order valence-electron chi connectivity index (χ2n) is 6.42. The molecule has 16 heavy (non-hydrogen) atoms. The molecule has 3 aliphatic carbocycles. The van der Waals surface area contributed by atoms with Gasteiger partial charge in [-0.2, -0.15) is 0 Å². The Labute approximate surface area is 99.1 Å². The maximum Gasteiger partial charge on any atom is -0.00204 e. The summed E-state index contributed by atoms with van der Waals surface area (Å²) >= 11 is 0. The van der Waals surface area contributed by atoms with Gasteiger partial charge in [-0.1, -0.05) is 45.0 Å². The van der Waals surface area contributed by atoms with Crippen LogP contribution in [-0.2, 0) is 10.8 Å². The molecule has 0 nitrogen and oxygen atoms in total. The van der Waals surface area contributed by atoms with Crippen LogP contribution in [0, 0.1) is 5.92 Å². The molecule has 1 saturated carbocycles. The van der Waals surface area contributed by atoms with E-state index in [1.807, 2.05) is 0 Å². The average molecular weight is 214 g/mol. The van der Waals surface area contributed by atoms with Crippen molar-refractivity contribution in [3.05, 3.63) is 35.4 Å². The van der Waals surface area contributed by atoms with Crippen molar-refractivity contribution in [2.75, 3.05) is 0 Å². The molecule has 0 spiro atoms. The highest BCUT2D eigenvalue weighted by molar-refractivity contribution is 5.45. The summed E-state index contributed by atoms with van der Waals surface area (Å²) in [6, 6.07) is 9.22. The molecule has 0 N–H and O–H groups in total. The SMILES string of the molecule is CC(C)[C@]12CC[C@](C)(CC1)c1ccccc12. The third-order valence-electron chi connectivity index (χ3n) is 5.46. The Morgan fingerprint density at radius 1 is 0.938 bits per heavy atom. The van der Waals surface area contributed by atoms with Gasteiger partial charge in [-0.3, -0.25) is 0 Å². The van der Waals surface area contributed by atoms with Gasteiger partial charge in [0.2, 0.25) is 0 Å². The first-order chi connectivity index (χ1) is 7.58. The van der Waals surface area contributed by atoms with Crippen LogP contribution < -0.4 is 0 Å². The van der Waals surface area contributed by atoms with Crippen molar-refractivity contribution in [1.82, 2.24) is 0 Å². The highest BCUT2D eigenvalue weighted by Gasteiger charge is 2.50. The van der Waals surface area contributed by atoms with E-state index in [2.05, 4.69) is 45.0 Å². The van der Waals surface area contributed by atoms with Gasteiger partial charge in [0, 0.05) is 0 Å². The van der Waals surface area contributed by atoms with Crippen molar-refractivity contribution in [1.29, 1.82) is 0 Å². The zero-order valence-electron chi connectivity index (χ0n) is 10.7. The summed E-state index contributed by atoms with van der Waals surface area (Å²) in [5.74, 6) is 0.776. The molecule has 0 atom stereocenters. The van der Waals surface area contributed by atoms with Crippen LogP contribution in [0.4, 0.5) is 0 Å². The van der Waals surface area contributed by atoms with Gasteiger partial charge in [-0.25, -0.2) is 0 Å². The number of fused-ring (bicyclic) bond motifs is 2. The summed E-state index contributed by atoms with van der Waals surface area (Å²) in [5, 5.41) is 0. The van der Waals surface area contributed by atoms with Crippen LogP contribution >= 0.6 is 0 Å². The minimum Gasteiger partial charge on any atom is -0.0620 e. The van der Waals surface area contributed by atoms with Gasteiger partial charge in [0.1, 0.15) is 0 Å². The lowest BCUT2D eigenvalue weighted by atomic mass is 9.49. The molecule has 0 radical (unpaired) electrons. The molecule has 0 aliphatic heterocycles. The molecule has 0 amide bonds. The summed E-state index contributed by atoms with van der Waals surface area (Å²) in [5.41, 5.74) is 4.30. The first-order valence-corrected chi connectivity index (χ1v) is 6.68. The van der Waals surface area contributed by atoms with E-state index in [-0.39, 0.29) is 0 Å².